The molecule has 1 aliphatic rings. The van der Waals surface area contributed by atoms with E-state index in [0.29, 0.717) is 25.7 Å². The lowest BCUT2D eigenvalue weighted by Gasteiger charge is -2.30. The molecule has 1 amide bonds. The van der Waals surface area contributed by atoms with Crippen molar-refractivity contribution in [3.63, 3.8) is 0 Å². The Morgan fingerprint density at radius 3 is 2.72 bits per heavy atom. The van der Waals surface area contributed by atoms with Gasteiger partial charge < -0.3 is 20.4 Å². The van der Waals surface area contributed by atoms with Crippen molar-refractivity contribution >= 4 is 6.09 Å². The lowest BCUT2D eigenvalue weighted by Crippen LogP contribution is -2.44. The van der Waals surface area contributed by atoms with Gasteiger partial charge in [-0.05, 0) is 30.5 Å². The molecule has 5 nitrogen and oxygen atoms in total. The zero-order chi connectivity index (χ0) is 13.0. The lowest BCUT2D eigenvalue weighted by molar-refractivity contribution is 0.129. The van der Waals surface area contributed by atoms with Crippen LogP contribution in [0.1, 0.15) is 18.4 Å². The van der Waals surface area contributed by atoms with Gasteiger partial charge in [-0.2, -0.15) is 0 Å². The van der Waals surface area contributed by atoms with Crippen molar-refractivity contribution in [3.8, 4) is 5.75 Å². The molecule has 98 valence electrons. The second kappa shape index (κ2) is 5.73. The predicted octanol–water partition coefficient (Wildman–Crippen LogP) is 1.62. The molecule has 0 atom stereocenters. The molecule has 0 saturated carbocycles. The number of carbonyl (C=O) groups is 1. The molecule has 1 aromatic carbocycles. The fraction of sp³-hybridized carbons (Fsp3) is 0.462. The number of phenolic OH excluding ortho intramolecular Hbond substituents is 1. The van der Waals surface area contributed by atoms with E-state index in [4.69, 9.17) is 5.11 Å². The van der Waals surface area contributed by atoms with Gasteiger partial charge >= 0.3 is 6.09 Å². The first-order valence-electron chi connectivity index (χ1n) is 6.14. The van der Waals surface area contributed by atoms with Crippen molar-refractivity contribution in [1.82, 2.24) is 10.2 Å². The van der Waals surface area contributed by atoms with Gasteiger partial charge in [-0.3, -0.25) is 0 Å². The highest BCUT2D eigenvalue weighted by atomic mass is 16.4. The summed E-state index contributed by atoms with van der Waals surface area (Å²) in [5.74, 6) is 0.273. The normalized spacial score (nSPS) is 16.8. The van der Waals surface area contributed by atoms with Gasteiger partial charge in [0.15, 0.2) is 0 Å². The van der Waals surface area contributed by atoms with Crippen LogP contribution in [-0.2, 0) is 6.54 Å². The quantitative estimate of drug-likeness (QED) is 0.762. The monoisotopic (exact) mass is 250 g/mol. The van der Waals surface area contributed by atoms with Gasteiger partial charge in [0.25, 0.3) is 0 Å². The summed E-state index contributed by atoms with van der Waals surface area (Å²) in [6.45, 7) is 1.88. The molecule has 5 heteroatoms. The summed E-state index contributed by atoms with van der Waals surface area (Å²) >= 11 is 0. The molecular weight excluding hydrogens is 232 g/mol. The Hall–Kier alpha value is -1.75. The maximum Gasteiger partial charge on any atom is 0.407 e. The summed E-state index contributed by atoms with van der Waals surface area (Å²) in [6, 6.07) is 7.51. The average molecular weight is 250 g/mol. The van der Waals surface area contributed by atoms with Crippen molar-refractivity contribution in [2.24, 2.45) is 0 Å². The molecule has 0 unspecified atom stereocenters. The highest BCUT2D eigenvalue weighted by molar-refractivity contribution is 5.65. The van der Waals surface area contributed by atoms with E-state index in [1.807, 2.05) is 12.1 Å². The molecule has 0 aliphatic carbocycles. The van der Waals surface area contributed by atoms with E-state index in [2.05, 4.69) is 5.32 Å². The van der Waals surface area contributed by atoms with Gasteiger partial charge in [0.05, 0.1) is 0 Å². The molecule has 18 heavy (non-hydrogen) atoms. The first kappa shape index (κ1) is 12.7. The van der Waals surface area contributed by atoms with Crippen LogP contribution < -0.4 is 5.32 Å². The molecule has 0 aromatic heterocycles. The van der Waals surface area contributed by atoms with Gasteiger partial charge in [-0.15, -0.1) is 0 Å². The predicted molar refractivity (Wildman–Crippen MR) is 67.6 cm³/mol. The molecule has 2 rings (SSSR count). The van der Waals surface area contributed by atoms with E-state index in [-0.39, 0.29) is 5.75 Å². The average Bonchev–Trinajstić information content (AvgIpc) is 2.37. The summed E-state index contributed by atoms with van der Waals surface area (Å²) in [7, 11) is 0. The molecule has 1 heterocycles. The number of benzene rings is 1. The van der Waals surface area contributed by atoms with Gasteiger partial charge in [0.2, 0.25) is 0 Å². The van der Waals surface area contributed by atoms with Crippen LogP contribution in [0.4, 0.5) is 4.79 Å². The number of hydrogen-bond acceptors (Lipinski definition) is 3. The summed E-state index contributed by atoms with van der Waals surface area (Å²) in [6.07, 6.45) is 0.845. The number of carboxylic acid groups (broad SMARTS) is 1. The zero-order valence-corrected chi connectivity index (χ0v) is 10.2. The number of nitrogens with one attached hydrogen (secondary N) is 1. The highest BCUT2D eigenvalue weighted by Gasteiger charge is 2.21. The minimum absolute atomic E-state index is 0.273. The molecule has 3 N–H and O–H groups in total. The Morgan fingerprint density at radius 1 is 1.39 bits per heavy atom. The minimum Gasteiger partial charge on any atom is -0.508 e. The number of amides is 1. The van der Waals surface area contributed by atoms with Crippen molar-refractivity contribution in [2.45, 2.75) is 25.4 Å². The summed E-state index contributed by atoms with van der Waals surface area (Å²) in [4.78, 5) is 12.2. The highest BCUT2D eigenvalue weighted by Crippen LogP contribution is 2.13. The van der Waals surface area contributed by atoms with Crippen molar-refractivity contribution in [1.29, 1.82) is 0 Å². The molecule has 1 aromatic rings. The lowest BCUT2D eigenvalue weighted by atomic mass is 10.0. The van der Waals surface area contributed by atoms with Crippen LogP contribution in [-0.4, -0.2) is 40.3 Å². The number of rotatable bonds is 3. The Balaban J connectivity index is 1.77. The summed E-state index contributed by atoms with van der Waals surface area (Å²) in [5.41, 5.74) is 1.04. The fourth-order valence-corrected chi connectivity index (χ4v) is 2.20. The van der Waals surface area contributed by atoms with Crippen LogP contribution in [0.25, 0.3) is 0 Å². The smallest absolute Gasteiger partial charge is 0.407 e. The van der Waals surface area contributed by atoms with Gasteiger partial charge in [0.1, 0.15) is 5.75 Å². The van der Waals surface area contributed by atoms with E-state index in [0.717, 1.165) is 18.4 Å². The van der Waals surface area contributed by atoms with E-state index in [1.54, 1.807) is 12.1 Å². The fourth-order valence-electron chi connectivity index (χ4n) is 2.20. The molecule has 1 fully saturated rings. The van der Waals surface area contributed by atoms with Crippen molar-refractivity contribution in [2.75, 3.05) is 13.1 Å². The zero-order valence-electron chi connectivity index (χ0n) is 10.2. The number of likely N-dealkylation sites (tertiary alicyclic amines) is 1. The minimum atomic E-state index is -0.832. The third-order valence-electron chi connectivity index (χ3n) is 3.27. The van der Waals surface area contributed by atoms with E-state index >= 15 is 0 Å². The first-order chi connectivity index (χ1) is 8.65. The largest absolute Gasteiger partial charge is 0.508 e. The van der Waals surface area contributed by atoms with Crippen LogP contribution >= 0.6 is 0 Å². The van der Waals surface area contributed by atoms with Gasteiger partial charge in [-0.1, -0.05) is 12.1 Å². The molecule has 0 bridgehead atoms. The number of nitrogens with zero attached hydrogens (tertiary/aromatic N) is 1. The van der Waals surface area contributed by atoms with Crippen LogP contribution in [0, 0.1) is 0 Å². The molecular formula is C13H18N2O3. The maximum absolute atomic E-state index is 10.8. The number of hydrogen-bond donors (Lipinski definition) is 3. The maximum atomic E-state index is 10.8. The Morgan fingerprint density at radius 2 is 2.11 bits per heavy atom. The third kappa shape index (κ3) is 3.37. The number of piperidine rings is 1. The second-order valence-electron chi connectivity index (χ2n) is 4.59. The van der Waals surface area contributed by atoms with Crippen LogP contribution in [0.15, 0.2) is 24.3 Å². The van der Waals surface area contributed by atoms with Crippen molar-refractivity contribution < 1.29 is 15.0 Å². The van der Waals surface area contributed by atoms with Gasteiger partial charge in [0, 0.05) is 25.7 Å². The van der Waals surface area contributed by atoms with Crippen molar-refractivity contribution in [3.05, 3.63) is 29.8 Å². The van der Waals surface area contributed by atoms with Crippen LogP contribution in [0.5, 0.6) is 5.75 Å². The summed E-state index contributed by atoms with van der Waals surface area (Å²) in [5, 5.41) is 21.6. The Labute approximate surface area is 106 Å². The van der Waals surface area contributed by atoms with Gasteiger partial charge in [-0.25, -0.2) is 4.79 Å². The van der Waals surface area contributed by atoms with E-state index in [1.165, 1.54) is 4.90 Å². The standard InChI is InChI=1S/C13H18N2O3/c16-12-3-1-2-10(8-12)9-14-11-4-6-15(7-5-11)13(17)18/h1-3,8,11,14,16H,4-7,9H2,(H,17,18). The SMILES string of the molecule is O=C(O)N1CCC(NCc2cccc(O)c2)CC1. The first-order valence-corrected chi connectivity index (χ1v) is 6.14. The number of phenols is 1. The molecule has 1 aliphatic heterocycles. The van der Waals surface area contributed by atoms with E-state index in [9.17, 15) is 9.90 Å². The van der Waals surface area contributed by atoms with Crippen LogP contribution in [0.2, 0.25) is 0 Å². The molecule has 0 radical (unpaired) electrons. The third-order valence-corrected chi connectivity index (χ3v) is 3.27. The Bertz CT molecular complexity index is 414. The Kier molecular flexibility index (Phi) is 4.04. The second-order valence-corrected chi connectivity index (χ2v) is 4.59. The number of aromatic hydroxyl groups is 1. The van der Waals surface area contributed by atoms with Crippen LogP contribution in [0.3, 0.4) is 0 Å². The summed E-state index contributed by atoms with van der Waals surface area (Å²) < 4.78 is 0. The van der Waals surface area contributed by atoms with E-state index < -0.39 is 6.09 Å². The molecule has 1 saturated heterocycles. The topological polar surface area (TPSA) is 72.8 Å². The molecule has 0 spiro atoms.